The monoisotopic (exact) mass is 151 g/mol. The molecule has 0 aliphatic rings. The first-order valence-electron chi connectivity index (χ1n) is 1.86. The lowest BCUT2D eigenvalue weighted by Gasteiger charge is -1.98. The molecule has 1 radical (unpaired) electrons. The van der Waals surface area contributed by atoms with Crippen molar-refractivity contribution in [1.29, 1.82) is 0 Å². The Kier molecular flexibility index (Phi) is 3.89. The fraction of sp³-hybridized carbons (Fsp3) is 0.750. The molecule has 0 aliphatic heterocycles. The third kappa shape index (κ3) is 4.44. The van der Waals surface area contributed by atoms with E-state index in [2.05, 4.69) is 22.9 Å². The smallest absolute Gasteiger partial charge is 0.112 e. The lowest BCUT2D eigenvalue weighted by atomic mass is 10.8. The van der Waals surface area contributed by atoms with Gasteiger partial charge in [-0.25, -0.2) is 0 Å². The zero-order valence-corrected chi connectivity index (χ0v) is 5.36. The van der Waals surface area contributed by atoms with Gasteiger partial charge in [0, 0.05) is 6.61 Å². The van der Waals surface area contributed by atoms with Crippen LogP contribution in [0.5, 0.6) is 0 Å². The molecule has 1 unspecified atom stereocenters. The van der Waals surface area contributed by atoms with Gasteiger partial charge in [0.15, 0.2) is 0 Å². The Balaban J connectivity index is 2.63. The van der Waals surface area contributed by atoms with Crippen molar-refractivity contribution >= 4 is 15.9 Å². The van der Waals surface area contributed by atoms with E-state index in [0.29, 0.717) is 0 Å². The molecule has 0 fully saturated rings. The Hall–Kier alpha value is 0.440. The second-order valence-electron chi connectivity index (χ2n) is 0.865. The van der Waals surface area contributed by atoms with Gasteiger partial charge in [0.05, 0.1) is 0 Å². The first-order chi connectivity index (χ1) is 2.77. The molecule has 2 heteroatoms. The highest BCUT2D eigenvalue weighted by Crippen LogP contribution is 1.95. The van der Waals surface area contributed by atoms with Gasteiger partial charge in [-0.1, -0.05) is 15.9 Å². The van der Waals surface area contributed by atoms with Gasteiger partial charge in [-0.05, 0) is 13.8 Å². The zero-order chi connectivity index (χ0) is 4.99. The van der Waals surface area contributed by atoms with Gasteiger partial charge in [-0.15, -0.1) is 0 Å². The Morgan fingerprint density at radius 2 is 2.50 bits per heavy atom. The second-order valence-corrected chi connectivity index (χ2v) is 1.89. The van der Waals surface area contributed by atoms with Crippen molar-refractivity contribution in [2.75, 3.05) is 6.61 Å². The summed E-state index contributed by atoms with van der Waals surface area (Å²) < 4.78 is 4.85. The molecule has 0 amide bonds. The molecule has 0 aromatic rings. The summed E-state index contributed by atoms with van der Waals surface area (Å²) in [7, 11) is 0. The van der Waals surface area contributed by atoms with Crippen LogP contribution in [0.25, 0.3) is 0 Å². The number of hydrogen-bond acceptors (Lipinski definition) is 1. The lowest BCUT2D eigenvalue weighted by Crippen LogP contribution is -1.96. The summed E-state index contributed by atoms with van der Waals surface area (Å²) in [6, 6.07) is 0. The van der Waals surface area contributed by atoms with Gasteiger partial charge < -0.3 is 4.74 Å². The second kappa shape index (κ2) is 3.62. The SMILES string of the molecule is [CH2]C(Br)OCC. The van der Waals surface area contributed by atoms with E-state index in [-0.39, 0.29) is 5.01 Å². The van der Waals surface area contributed by atoms with E-state index in [1.165, 1.54) is 0 Å². The average Bonchev–Trinajstić information content (AvgIpc) is 1.35. The fourth-order valence-electron chi connectivity index (χ4n) is 0.181. The average molecular weight is 152 g/mol. The van der Waals surface area contributed by atoms with Crippen molar-refractivity contribution in [3.63, 3.8) is 0 Å². The third-order valence-electron chi connectivity index (χ3n) is 0.348. The van der Waals surface area contributed by atoms with E-state index in [0.717, 1.165) is 6.61 Å². The summed E-state index contributed by atoms with van der Waals surface area (Å²) in [5.41, 5.74) is 0. The van der Waals surface area contributed by atoms with E-state index < -0.39 is 0 Å². The fourth-order valence-corrected chi connectivity index (χ4v) is 0.445. The Labute approximate surface area is 46.8 Å². The largest absolute Gasteiger partial charge is 0.367 e. The highest BCUT2D eigenvalue weighted by atomic mass is 79.9. The van der Waals surface area contributed by atoms with Crippen molar-refractivity contribution in [2.24, 2.45) is 0 Å². The maximum atomic E-state index is 4.85. The number of ether oxygens (including phenoxy) is 1. The predicted octanol–water partition coefficient (Wildman–Crippen LogP) is 1.58. The molecule has 0 bridgehead atoms. The molecule has 0 saturated heterocycles. The van der Waals surface area contributed by atoms with Crippen molar-refractivity contribution in [3.05, 3.63) is 6.92 Å². The topological polar surface area (TPSA) is 9.23 Å². The van der Waals surface area contributed by atoms with Crippen LogP contribution in [0.15, 0.2) is 0 Å². The molecule has 0 spiro atoms. The van der Waals surface area contributed by atoms with Gasteiger partial charge in [0.25, 0.3) is 0 Å². The molecule has 0 rings (SSSR count). The predicted molar refractivity (Wildman–Crippen MR) is 29.7 cm³/mol. The van der Waals surface area contributed by atoms with Crippen LogP contribution in [0.2, 0.25) is 0 Å². The van der Waals surface area contributed by atoms with Crippen LogP contribution in [0.1, 0.15) is 6.92 Å². The van der Waals surface area contributed by atoms with Gasteiger partial charge in [-0.2, -0.15) is 0 Å². The molecule has 37 valence electrons. The standard InChI is InChI=1S/C4H8BrO/c1-3-6-4(2)5/h4H,2-3H2,1H3. The van der Waals surface area contributed by atoms with Gasteiger partial charge in [0.1, 0.15) is 5.01 Å². The van der Waals surface area contributed by atoms with E-state index >= 15 is 0 Å². The lowest BCUT2D eigenvalue weighted by molar-refractivity contribution is 0.157. The van der Waals surface area contributed by atoms with Crippen LogP contribution in [-0.2, 0) is 4.74 Å². The summed E-state index contributed by atoms with van der Waals surface area (Å²) in [5.74, 6) is 0. The zero-order valence-electron chi connectivity index (χ0n) is 3.78. The number of alkyl halides is 1. The Morgan fingerprint density at radius 3 is 2.50 bits per heavy atom. The molecule has 0 N–H and O–H groups in total. The number of halogens is 1. The summed E-state index contributed by atoms with van der Waals surface area (Å²) in [6.45, 7) is 6.17. The molecule has 0 aromatic heterocycles. The third-order valence-corrected chi connectivity index (χ3v) is 0.612. The number of rotatable bonds is 2. The first kappa shape index (κ1) is 6.44. The maximum absolute atomic E-state index is 4.85. The summed E-state index contributed by atoms with van der Waals surface area (Å²) in [5, 5.41) is -0.0394. The van der Waals surface area contributed by atoms with Crippen LogP contribution in [-0.4, -0.2) is 11.6 Å². The van der Waals surface area contributed by atoms with Gasteiger partial charge >= 0.3 is 0 Å². The van der Waals surface area contributed by atoms with Crippen LogP contribution in [0, 0.1) is 6.92 Å². The van der Waals surface area contributed by atoms with Gasteiger partial charge in [0.2, 0.25) is 0 Å². The minimum absolute atomic E-state index is 0.0394. The summed E-state index contributed by atoms with van der Waals surface area (Å²) >= 11 is 3.10. The highest BCUT2D eigenvalue weighted by molar-refractivity contribution is 9.09. The van der Waals surface area contributed by atoms with E-state index in [1.807, 2.05) is 6.92 Å². The maximum Gasteiger partial charge on any atom is 0.112 e. The Morgan fingerprint density at radius 1 is 2.00 bits per heavy atom. The minimum Gasteiger partial charge on any atom is -0.367 e. The van der Waals surface area contributed by atoms with E-state index in [1.54, 1.807) is 0 Å². The first-order valence-corrected chi connectivity index (χ1v) is 2.77. The summed E-state index contributed by atoms with van der Waals surface area (Å²) in [6.07, 6.45) is 0. The number of hydrogen-bond donors (Lipinski definition) is 0. The molecule has 0 aromatic carbocycles. The molecular formula is C4H8BrO. The van der Waals surface area contributed by atoms with Crippen LogP contribution in [0.3, 0.4) is 0 Å². The normalized spacial score (nSPS) is 14.5. The molecule has 1 nitrogen and oxygen atoms in total. The van der Waals surface area contributed by atoms with E-state index in [9.17, 15) is 0 Å². The van der Waals surface area contributed by atoms with Crippen LogP contribution >= 0.6 is 15.9 Å². The molecule has 1 atom stereocenters. The summed E-state index contributed by atoms with van der Waals surface area (Å²) in [4.78, 5) is 0. The van der Waals surface area contributed by atoms with Crippen molar-refractivity contribution in [3.8, 4) is 0 Å². The minimum atomic E-state index is -0.0394. The quantitative estimate of drug-likeness (QED) is 0.545. The molecule has 6 heavy (non-hydrogen) atoms. The molecule has 0 heterocycles. The molecule has 0 aliphatic carbocycles. The van der Waals surface area contributed by atoms with Crippen molar-refractivity contribution in [1.82, 2.24) is 0 Å². The molecular weight excluding hydrogens is 144 g/mol. The van der Waals surface area contributed by atoms with Crippen LogP contribution in [0.4, 0.5) is 0 Å². The van der Waals surface area contributed by atoms with E-state index in [4.69, 9.17) is 4.74 Å². The van der Waals surface area contributed by atoms with Crippen molar-refractivity contribution in [2.45, 2.75) is 11.9 Å². The van der Waals surface area contributed by atoms with Gasteiger partial charge in [-0.3, -0.25) is 0 Å². The van der Waals surface area contributed by atoms with Crippen molar-refractivity contribution < 1.29 is 4.74 Å². The molecule has 0 saturated carbocycles. The Bertz CT molecular complexity index is 28.7. The van der Waals surface area contributed by atoms with Crippen LogP contribution < -0.4 is 0 Å². The highest BCUT2D eigenvalue weighted by Gasteiger charge is 1.86.